The number of benzene rings is 1. The van der Waals surface area contributed by atoms with Crippen molar-refractivity contribution in [1.82, 2.24) is 14.8 Å². The molecule has 3 rings (SSSR count). The Morgan fingerprint density at radius 3 is 2.67 bits per heavy atom. The summed E-state index contributed by atoms with van der Waals surface area (Å²) in [5, 5.41) is 4.73. The number of nitrogens with zero attached hydrogens (tertiary/aromatic N) is 2. The molecular formula is C18H27N3. The zero-order chi connectivity index (χ0) is 14.8. The first kappa shape index (κ1) is 14.6. The molecule has 0 saturated heterocycles. The maximum absolute atomic E-state index is 3.25. The van der Waals surface area contributed by atoms with E-state index in [1.165, 1.54) is 46.9 Å². The average Bonchev–Trinajstić information content (AvgIpc) is 2.97. The summed E-state index contributed by atoms with van der Waals surface area (Å²) < 4.78 is 2.46. The molecule has 0 atom stereocenters. The Kier molecular flexibility index (Phi) is 4.32. The minimum absolute atomic E-state index is 1.09. The Balaban J connectivity index is 2.00. The van der Waals surface area contributed by atoms with Crippen LogP contribution >= 0.6 is 0 Å². The Bertz CT molecular complexity index is 627. The van der Waals surface area contributed by atoms with Gasteiger partial charge in [-0.05, 0) is 68.7 Å². The van der Waals surface area contributed by atoms with Crippen molar-refractivity contribution in [2.75, 3.05) is 20.6 Å². The fraction of sp³-hybridized carbons (Fsp3) is 0.556. The number of fused-ring (bicyclic) bond motifs is 2. The first-order valence-electron chi connectivity index (χ1n) is 8.19. The van der Waals surface area contributed by atoms with Crippen LogP contribution in [0.15, 0.2) is 18.3 Å². The van der Waals surface area contributed by atoms with Crippen LogP contribution in [0.4, 0.5) is 0 Å². The van der Waals surface area contributed by atoms with Crippen LogP contribution in [-0.4, -0.2) is 30.1 Å². The van der Waals surface area contributed by atoms with Crippen LogP contribution in [0.1, 0.15) is 36.5 Å². The molecule has 3 heteroatoms. The average molecular weight is 285 g/mol. The lowest BCUT2D eigenvalue weighted by Gasteiger charge is -2.05. The van der Waals surface area contributed by atoms with E-state index in [1.54, 1.807) is 0 Å². The molecule has 21 heavy (non-hydrogen) atoms. The summed E-state index contributed by atoms with van der Waals surface area (Å²) in [5.41, 5.74) is 5.99. The number of rotatable bonds is 6. The molecule has 0 bridgehead atoms. The van der Waals surface area contributed by atoms with Gasteiger partial charge in [-0.15, -0.1) is 0 Å². The molecule has 114 valence electrons. The number of hydrogen-bond donors (Lipinski definition) is 1. The SMILES string of the molecule is CCCn1cc(CCCNC)c2cc3c(cc21)CN(C)C3. The Hall–Kier alpha value is -1.32. The molecule has 0 unspecified atom stereocenters. The first-order chi connectivity index (χ1) is 10.2. The summed E-state index contributed by atoms with van der Waals surface area (Å²) >= 11 is 0. The lowest BCUT2D eigenvalue weighted by atomic mass is 10.0. The molecule has 1 aromatic heterocycles. The lowest BCUT2D eigenvalue weighted by molar-refractivity contribution is 0.353. The van der Waals surface area contributed by atoms with Crippen LogP contribution in [0.25, 0.3) is 10.9 Å². The van der Waals surface area contributed by atoms with Crippen molar-refractivity contribution < 1.29 is 0 Å². The molecule has 0 saturated carbocycles. The summed E-state index contributed by atoms with van der Waals surface area (Å²) in [7, 11) is 4.24. The van der Waals surface area contributed by atoms with Gasteiger partial charge in [0.15, 0.2) is 0 Å². The molecule has 0 aliphatic carbocycles. The molecule has 2 aromatic rings. The standard InChI is InChI=1S/C18H27N3/c1-4-8-21-13-14(6-5-7-19-2)17-9-15-11-20(3)12-16(15)10-18(17)21/h9-10,13,19H,4-8,11-12H2,1-3H3. The van der Waals surface area contributed by atoms with Crippen LogP contribution in [0.3, 0.4) is 0 Å². The third-order valence-electron chi connectivity index (χ3n) is 4.50. The number of aryl methyl sites for hydroxylation is 2. The molecule has 0 amide bonds. The van der Waals surface area contributed by atoms with Crippen molar-refractivity contribution in [2.24, 2.45) is 0 Å². The Morgan fingerprint density at radius 2 is 1.95 bits per heavy atom. The fourth-order valence-corrected chi connectivity index (χ4v) is 3.51. The van der Waals surface area contributed by atoms with E-state index in [-0.39, 0.29) is 0 Å². The highest BCUT2D eigenvalue weighted by molar-refractivity contribution is 5.86. The van der Waals surface area contributed by atoms with Gasteiger partial charge in [-0.3, -0.25) is 4.90 Å². The summed E-state index contributed by atoms with van der Waals surface area (Å²) in [6.07, 6.45) is 5.96. The van der Waals surface area contributed by atoms with Gasteiger partial charge in [0.2, 0.25) is 0 Å². The maximum Gasteiger partial charge on any atom is 0.0486 e. The van der Waals surface area contributed by atoms with E-state index in [0.717, 1.165) is 26.2 Å². The lowest BCUT2D eigenvalue weighted by Crippen LogP contribution is -2.08. The quantitative estimate of drug-likeness (QED) is 0.823. The van der Waals surface area contributed by atoms with E-state index >= 15 is 0 Å². The monoisotopic (exact) mass is 285 g/mol. The van der Waals surface area contributed by atoms with Crippen LogP contribution in [0, 0.1) is 0 Å². The molecule has 0 radical (unpaired) electrons. The molecule has 0 spiro atoms. The van der Waals surface area contributed by atoms with E-state index < -0.39 is 0 Å². The number of hydrogen-bond acceptors (Lipinski definition) is 2. The molecule has 2 heterocycles. The highest BCUT2D eigenvalue weighted by Crippen LogP contribution is 2.30. The molecule has 1 N–H and O–H groups in total. The van der Waals surface area contributed by atoms with Gasteiger partial charge < -0.3 is 9.88 Å². The molecular weight excluding hydrogens is 258 g/mol. The topological polar surface area (TPSA) is 20.2 Å². The second-order valence-corrected chi connectivity index (χ2v) is 6.37. The molecule has 1 aliphatic heterocycles. The van der Waals surface area contributed by atoms with E-state index in [0.29, 0.717) is 0 Å². The van der Waals surface area contributed by atoms with Crippen LogP contribution in [0.5, 0.6) is 0 Å². The predicted octanol–water partition coefficient (Wildman–Crippen LogP) is 3.15. The predicted molar refractivity (Wildman–Crippen MR) is 89.6 cm³/mol. The van der Waals surface area contributed by atoms with Gasteiger partial charge in [-0.1, -0.05) is 6.92 Å². The van der Waals surface area contributed by atoms with Gasteiger partial charge in [0.1, 0.15) is 0 Å². The van der Waals surface area contributed by atoms with Gasteiger partial charge in [-0.2, -0.15) is 0 Å². The smallest absolute Gasteiger partial charge is 0.0486 e. The Morgan fingerprint density at radius 1 is 1.19 bits per heavy atom. The van der Waals surface area contributed by atoms with Crippen LogP contribution in [-0.2, 0) is 26.1 Å². The van der Waals surface area contributed by atoms with Gasteiger partial charge in [0, 0.05) is 36.7 Å². The van der Waals surface area contributed by atoms with Crippen molar-refractivity contribution in [1.29, 1.82) is 0 Å². The fourth-order valence-electron chi connectivity index (χ4n) is 3.51. The summed E-state index contributed by atoms with van der Waals surface area (Å²) in [5.74, 6) is 0. The third kappa shape index (κ3) is 2.85. The minimum atomic E-state index is 1.09. The van der Waals surface area contributed by atoms with Gasteiger partial charge >= 0.3 is 0 Å². The summed E-state index contributed by atoms with van der Waals surface area (Å²) in [6, 6.07) is 4.89. The van der Waals surface area contributed by atoms with E-state index in [1.807, 2.05) is 7.05 Å². The zero-order valence-corrected chi connectivity index (χ0v) is 13.6. The molecule has 1 aromatic carbocycles. The van der Waals surface area contributed by atoms with Gasteiger partial charge in [0.05, 0.1) is 0 Å². The molecule has 1 aliphatic rings. The Labute approximate surface area is 127 Å². The van der Waals surface area contributed by atoms with Crippen molar-refractivity contribution in [3.8, 4) is 0 Å². The van der Waals surface area contributed by atoms with Crippen molar-refractivity contribution >= 4 is 10.9 Å². The van der Waals surface area contributed by atoms with Gasteiger partial charge in [0.25, 0.3) is 0 Å². The first-order valence-corrected chi connectivity index (χ1v) is 8.19. The molecule has 0 fully saturated rings. The summed E-state index contributed by atoms with van der Waals surface area (Å²) in [6.45, 7) is 6.66. The zero-order valence-electron chi connectivity index (χ0n) is 13.6. The van der Waals surface area contributed by atoms with E-state index in [9.17, 15) is 0 Å². The van der Waals surface area contributed by atoms with Crippen molar-refractivity contribution in [2.45, 2.75) is 45.8 Å². The van der Waals surface area contributed by atoms with Crippen LogP contribution in [0.2, 0.25) is 0 Å². The second-order valence-electron chi connectivity index (χ2n) is 6.37. The third-order valence-corrected chi connectivity index (χ3v) is 4.50. The maximum atomic E-state index is 3.25. The normalized spacial score (nSPS) is 15.0. The van der Waals surface area contributed by atoms with Crippen molar-refractivity contribution in [3.63, 3.8) is 0 Å². The number of aromatic nitrogens is 1. The van der Waals surface area contributed by atoms with Crippen LogP contribution < -0.4 is 5.32 Å². The van der Waals surface area contributed by atoms with Crippen molar-refractivity contribution in [3.05, 3.63) is 35.0 Å². The highest BCUT2D eigenvalue weighted by atomic mass is 15.1. The second kappa shape index (κ2) is 6.20. The number of nitrogens with one attached hydrogen (secondary N) is 1. The highest BCUT2D eigenvalue weighted by Gasteiger charge is 2.18. The van der Waals surface area contributed by atoms with Gasteiger partial charge in [-0.25, -0.2) is 0 Å². The largest absolute Gasteiger partial charge is 0.347 e. The summed E-state index contributed by atoms with van der Waals surface area (Å²) in [4.78, 5) is 2.40. The molecule has 3 nitrogen and oxygen atoms in total. The van der Waals surface area contributed by atoms with E-state index in [4.69, 9.17) is 0 Å². The minimum Gasteiger partial charge on any atom is -0.347 e. The van der Waals surface area contributed by atoms with E-state index in [2.05, 4.69) is 47.1 Å².